The molecule has 4 heteroatoms. The third kappa shape index (κ3) is 3.04. The molecule has 1 saturated carbocycles. The predicted octanol–water partition coefficient (Wildman–Crippen LogP) is 1.64. The minimum absolute atomic E-state index is 0.0424. The number of aliphatic hydroxyl groups is 1. The summed E-state index contributed by atoms with van der Waals surface area (Å²) in [7, 11) is 0. The number of rotatable bonds is 5. The van der Waals surface area contributed by atoms with Gasteiger partial charge in [0.1, 0.15) is 0 Å². The Morgan fingerprint density at radius 1 is 1.67 bits per heavy atom. The van der Waals surface area contributed by atoms with Gasteiger partial charge in [-0.1, -0.05) is 0 Å². The van der Waals surface area contributed by atoms with E-state index in [4.69, 9.17) is 0 Å². The fraction of sp³-hybridized carbons (Fsp3) is 0.545. The molecule has 1 unspecified atom stereocenters. The molecule has 1 atom stereocenters. The van der Waals surface area contributed by atoms with Crippen LogP contribution in [0, 0.1) is 5.92 Å². The molecule has 0 saturated heterocycles. The van der Waals surface area contributed by atoms with Gasteiger partial charge >= 0.3 is 0 Å². The van der Waals surface area contributed by atoms with Crippen molar-refractivity contribution < 1.29 is 9.90 Å². The van der Waals surface area contributed by atoms with Gasteiger partial charge in [0.2, 0.25) is 0 Å². The fourth-order valence-electron chi connectivity index (χ4n) is 1.55. The number of hydrogen-bond acceptors (Lipinski definition) is 3. The molecule has 1 fully saturated rings. The highest BCUT2D eigenvalue weighted by Crippen LogP contribution is 2.33. The van der Waals surface area contributed by atoms with Gasteiger partial charge in [-0.15, -0.1) is 0 Å². The summed E-state index contributed by atoms with van der Waals surface area (Å²) in [5, 5.41) is 16.1. The normalized spacial score (nSPS) is 17.4. The van der Waals surface area contributed by atoms with Crippen molar-refractivity contribution in [2.24, 2.45) is 5.92 Å². The second-order valence-electron chi connectivity index (χ2n) is 3.96. The van der Waals surface area contributed by atoms with Crippen molar-refractivity contribution in [1.29, 1.82) is 0 Å². The Morgan fingerprint density at radius 3 is 3.07 bits per heavy atom. The summed E-state index contributed by atoms with van der Waals surface area (Å²) in [5.41, 5.74) is 0.709. The largest absolute Gasteiger partial charge is 0.393 e. The van der Waals surface area contributed by atoms with E-state index in [-0.39, 0.29) is 12.0 Å². The number of carbonyl (C=O) groups excluding carboxylic acids is 1. The van der Waals surface area contributed by atoms with Crippen LogP contribution in [-0.4, -0.2) is 23.7 Å². The molecular weight excluding hydrogens is 210 g/mol. The van der Waals surface area contributed by atoms with E-state index < -0.39 is 0 Å². The van der Waals surface area contributed by atoms with Crippen LogP contribution in [-0.2, 0) is 0 Å². The molecule has 0 aromatic carbocycles. The minimum atomic E-state index is -0.229. The standard InChI is InChI=1S/C11H15NO2S/c13-10(8-1-2-8)3-5-12-11(14)9-4-6-15-7-9/h4,6-8,10,13H,1-3,5H2,(H,12,14). The first-order valence-electron chi connectivity index (χ1n) is 5.26. The van der Waals surface area contributed by atoms with Crippen molar-refractivity contribution >= 4 is 17.2 Å². The molecule has 1 heterocycles. The fourth-order valence-corrected chi connectivity index (χ4v) is 2.18. The average molecular weight is 225 g/mol. The summed E-state index contributed by atoms with van der Waals surface area (Å²) in [6, 6.07) is 1.80. The molecule has 1 aliphatic rings. The molecule has 2 N–H and O–H groups in total. The predicted molar refractivity (Wildman–Crippen MR) is 60.0 cm³/mol. The number of amides is 1. The molecule has 0 aliphatic heterocycles. The molecule has 0 radical (unpaired) electrons. The lowest BCUT2D eigenvalue weighted by molar-refractivity contribution is 0.0937. The van der Waals surface area contributed by atoms with E-state index in [0.29, 0.717) is 24.4 Å². The van der Waals surface area contributed by atoms with E-state index in [1.54, 1.807) is 6.07 Å². The molecule has 3 nitrogen and oxygen atoms in total. The summed E-state index contributed by atoms with van der Waals surface area (Å²) in [5.74, 6) is 0.447. The summed E-state index contributed by atoms with van der Waals surface area (Å²) in [4.78, 5) is 11.5. The average Bonchev–Trinajstić information content (AvgIpc) is 2.93. The van der Waals surface area contributed by atoms with E-state index in [1.807, 2.05) is 10.8 Å². The molecule has 82 valence electrons. The molecule has 1 aliphatic carbocycles. The van der Waals surface area contributed by atoms with Crippen molar-refractivity contribution in [3.05, 3.63) is 22.4 Å². The van der Waals surface area contributed by atoms with E-state index in [0.717, 1.165) is 12.8 Å². The highest BCUT2D eigenvalue weighted by molar-refractivity contribution is 7.08. The van der Waals surface area contributed by atoms with Gasteiger partial charge in [-0.2, -0.15) is 11.3 Å². The van der Waals surface area contributed by atoms with Crippen LogP contribution in [0.25, 0.3) is 0 Å². The van der Waals surface area contributed by atoms with E-state index >= 15 is 0 Å². The molecule has 0 spiro atoms. The van der Waals surface area contributed by atoms with Gasteiger partial charge in [-0.25, -0.2) is 0 Å². The monoisotopic (exact) mass is 225 g/mol. The summed E-state index contributed by atoms with van der Waals surface area (Å²) >= 11 is 1.51. The van der Waals surface area contributed by atoms with E-state index in [2.05, 4.69) is 5.32 Å². The van der Waals surface area contributed by atoms with Crippen molar-refractivity contribution in [2.75, 3.05) is 6.54 Å². The Bertz CT molecular complexity index is 319. The number of carbonyl (C=O) groups is 1. The van der Waals surface area contributed by atoms with Crippen molar-refractivity contribution in [1.82, 2.24) is 5.32 Å². The van der Waals surface area contributed by atoms with E-state index in [1.165, 1.54) is 11.3 Å². The lowest BCUT2D eigenvalue weighted by Gasteiger charge is -2.09. The zero-order valence-corrected chi connectivity index (χ0v) is 9.30. The van der Waals surface area contributed by atoms with Crippen LogP contribution in [0.15, 0.2) is 16.8 Å². The van der Waals surface area contributed by atoms with Gasteiger partial charge in [-0.3, -0.25) is 4.79 Å². The van der Waals surface area contributed by atoms with Gasteiger partial charge in [-0.05, 0) is 36.6 Å². The number of aliphatic hydroxyl groups excluding tert-OH is 1. The highest BCUT2D eigenvalue weighted by atomic mass is 32.1. The van der Waals surface area contributed by atoms with Crippen molar-refractivity contribution in [3.63, 3.8) is 0 Å². The van der Waals surface area contributed by atoms with Crippen molar-refractivity contribution in [3.8, 4) is 0 Å². The summed E-state index contributed by atoms with van der Waals surface area (Å²) < 4.78 is 0. The van der Waals surface area contributed by atoms with Gasteiger partial charge in [0.05, 0.1) is 6.10 Å². The summed E-state index contributed by atoms with van der Waals surface area (Å²) in [6.45, 7) is 0.562. The number of hydrogen-bond donors (Lipinski definition) is 2. The Morgan fingerprint density at radius 2 is 2.47 bits per heavy atom. The van der Waals surface area contributed by atoms with Crippen LogP contribution in [0.3, 0.4) is 0 Å². The Labute approximate surface area is 93.1 Å². The minimum Gasteiger partial charge on any atom is -0.393 e. The third-order valence-corrected chi connectivity index (χ3v) is 3.36. The Balaban J connectivity index is 1.67. The lowest BCUT2D eigenvalue weighted by Crippen LogP contribution is -2.27. The number of nitrogens with one attached hydrogen (secondary N) is 1. The van der Waals surface area contributed by atoms with Crippen LogP contribution >= 0.6 is 11.3 Å². The highest BCUT2D eigenvalue weighted by Gasteiger charge is 2.29. The maximum atomic E-state index is 11.5. The Hall–Kier alpha value is -0.870. The van der Waals surface area contributed by atoms with Crippen LogP contribution < -0.4 is 5.32 Å². The first-order valence-corrected chi connectivity index (χ1v) is 6.20. The topological polar surface area (TPSA) is 49.3 Å². The zero-order valence-electron chi connectivity index (χ0n) is 8.48. The second-order valence-corrected chi connectivity index (χ2v) is 4.74. The van der Waals surface area contributed by atoms with E-state index in [9.17, 15) is 9.90 Å². The SMILES string of the molecule is O=C(NCCC(O)C1CC1)c1ccsc1. The van der Waals surface area contributed by atoms with Crippen LogP contribution in [0.1, 0.15) is 29.6 Å². The van der Waals surface area contributed by atoms with Crippen LogP contribution in [0.2, 0.25) is 0 Å². The summed E-state index contributed by atoms with van der Waals surface area (Å²) in [6.07, 6.45) is 2.72. The third-order valence-electron chi connectivity index (χ3n) is 2.68. The van der Waals surface area contributed by atoms with Gasteiger partial charge < -0.3 is 10.4 Å². The van der Waals surface area contributed by atoms with Crippen LogP contribution in [0.5, 0.6) is 0 Å². The zero-order chi connectivity index (χ0) is 10.7. The molecule has 2 rings (SSSR count). The molecule has 1 aromatic heterocycles. The smallest absolute Gasteiger partial charge is 0.252 e. The quantitative estimate of drug-likeness (QED) is 0.800. The maximum absolute atomic E-state index is 11.5. The molecular formula is C11H15NO2S. The first kappa shape index (κ1) is 10.6. The first-order chi connectivity index (χ1) is 7.27. The maximum Gasteiger partial charge on any atom is 0.252 e. The lowest BCUT2D eigenvalue weighted by atomic mass is 10.1. The number of thiophene rings is 1. The molecule has 0 bridgehead atoms. The van der Waals surface area contributed by atoms with Gasteiger partial charge in [0.15, 0.2) is 0 Å². The molecule has 15 heavy (non-hydrogen) atoms. The van der Waals surface area contributed by atoms with Gasteiger partial charge in [0.25, 0.3) is 5.91 Å². The Kier molecular flexibility index (Phi) is 3.38. The van der Waals surface area contributed by atoms with Gasteiger partial charge in [0, 0.05) is 17.5 Å². The van der Waals surface area contributed by atoms with Crippen LogP contribution in [0.4, 0.5) is 0 Å². The van der Waals surface area contributed by atoms with Crippen molar-refractivity contribution in [2.45, 2.75) is 25.4 Å². The molecule has 1 aromatic rings. The molecule has 1 amide bonds. The second kappa shape index (κ2) is 4.77.